The number of halogens is 4. The molecular weight excluding hydrogens is 301 g/mol. The minimum atomic E-state index is -4.34. The van der Waals surface area contributed by atoms with Gasteiger partial charge in [-0.3, -0.25) is 4.79 Å². The molecular formula is C11H10BrF3O2. The molecule has 1 aromatic rings. The molecule has 0 aliphatic heterocycles. The molecule has 0 amide bonds. The highest BCUT2D eigenvalue weighted by Gasteiger charge is 2.30. The van der Waals surface area contributed by atoms with E-state index < -0.39 is 22.5 Å². The van der Waals surface area contributed by atoms with Crippen molar-refractivity contribution in [2.75, 3.05) is 7.11 Å². The van der Waals surface area contributed by atoms with Crippen LogP contribution in [0.15, 0.2) is 24.3 Å². The molecule has 17 heavy (non-hydrogen) atoms. The van der Waals surface area contributed by atoms with Gasteiger partial charge in [0.2, 0.25) is 0 Å². The van der Waals surface area contributed by atoms with E-state index in [1.807, 2.05) is 0 Å². The Bertz CT molecular complexity index is 387. The highest BCUT2D eigenvalue weighted by atomic mass is 79.9. The number of ether oxygens (including phenoxy) is 1. The fourth-order valence-corrected chi connectivity index (χ4v) is 1.81. The Morgan fingerprint density at radius 1 is 1.35 bits per heavy atom. The van der Waals surface area contributed by atoms with Crippen molar-refractivity contribution in [3.63, 3.8) is 0 Å². The maximum Gasteiger partial charge on any atom is 0.416 e. The first-order chi connectivity index (χ1) is 7.84. The highest BCUT2D eigenvalue weighted by molar-refractivity contribution is 9.10. The number of alkyl halides is 4. The van der Waals surface area contributed by atoms with Gasteiger partial charge in [-0.15, -0.1) is 0 Å². The standard InChI is InChI=1S/C11H10BrF3O2/c1-17-10(16)9(12)6-7-2-4-8(5-3-7)11(13,14)15/h2-5,9H,6H2,1H3/t9-/m0/s1. The van der Waals surface area contributed by atoms with Crippen molar-refractivity contribution in [3.8, 4) is 0 Å². The predicted octanol–water partition coefficient (Wildman–Crippen LogP) is 3.18. The van der Waals surface area contributed by atoms with Crippen LogP contribution in [0.5, 0.6) is 0 Å². The minimum absolute atomic E-state index is 0.283. The SMILES string of the molecule is COC(=O)[C@@H](Br)Cc1ccc(C(F)(F)F)cc1. The van der Waals surface area contributed by atoms with Crippen molar-refractivity contribution in [1.82, 2.24) is 0 Å². The van der Waals surface area contributed by atoms with E-state index >= 15 is 0 Å². The zero-order chi connectivity index (χ0) is 13.1. The number of carbonyl (C=O) groups is 1. The van der Waals surface area contributed by atoms with Crippen LogP contribution in [0.4, 0.5) is 13.2 Å². The molecule has 0 fully saturated rings. The summed E-state index contributed by atoms with van der Waals surface area (Å²) in [5, 5.41) is 0. The van der Waals surface area contributed by atoms with Gasteiger partial charge in [0.05, 0.1) is 12.7 Å². The predicted molar refractivity (Wildman–Crippen MR) is 59.9 cm³/mol. The van der Waals surface area contributed by atoms with E-state index in [0.29, 0.717) is 5.56 Å². The van der Waals surface area contributed by atoms with Gasteiger partial charge in [-0.2, -0.15) is 13.2 Å². The van der Waals surface area contributed by atoms with Crippen molar-refractivity contribution >= 4 is 21.9 Å². The Balaban J connectivity index is 2.72. The molecule has 0 unspecified atom stereocenters. The molecule has 0 radical (unpaired) electrons. The average Bonchev–Trinajstić information content (AvgIpc) is 2.27. The number of esters is 1. The van der Waals surface area contributed by atoms with Crippen LogP contribution in [0.1, 0.15) is 11.1 Å². The molecule has 1 rings (SSSR count). The van der Waals surface area contributed by atoms with Gasteiger partial charge >= 0.3 is 12.1 Å². The van der Waals surface area contributed by atoms with Crippen molar-refractivity contribution in [2.45, 2.75) is 17.4 Å². The van der Waals surface area contributed by atoms with E-state index in [9.17, 15) is 18.0 Å². The van der Waals surface area contributed by atoms with Crippen LogP contribution >= 0.6 is 15.9 Å². The van der Waals surface area contributed by atoms with Gasteiger partial charge < -0.3 is 4.74 Å². The summed E-state index contributed by atoms with van der Waals surface area (Å²) in [4.78, 5) is 10.5. The maximum absolute atomic E-state index is 12.3. The van der Waals surface area contributed by atoms with E-state index in [-0.39, 0.29) is 6.42 Å². The molecule has 0 bridgehead atoms. The lowest BCUT2D eigenvalue weighted by atomic mass is 10.1. The van der Waals surface area contributed by atoms with Gasteiger partial charge in [-0.05, 0) is 24.1 Å². The van der Waals surface area contributed by atoms with Crippen molar-refractivity contribution in [2.24, 2.45) is 0 Å². The first-order valence-corrected chi connectivity index (χ1v) is 5.64. The molecule has 1 atom stereocenters. The molecule has 6 heteroatoms. The summed E-state index contributed by atoms with van der Waals surface area (Å²) in [7, 11) is 1.25. The summed E-state index contributed by atoms with van der Waals surface area (Å²) in [5.41, 5.74) is -0.0734. The monoisotopic (exact) mass is 310 g/mol. The first-order valence-electron chi connectivity index (χ1n) is 4.72. The molecule has 0 aromatic heterocycles. The van der Waals surface area contributed by atoms with Crippen LogP contribution < -0.4 is 0 Å². The number of carbonyl (C=O) groups excluding carboxylic acids is 1. The largest absolute Gasteiger partial charge is 0.468 e. The third kappa shape index (κ3) is 4.03. The molecule has 0 heterocycles. The topological polar surface area (TPSA) is 26.3 Å². The molecule has 0 saturated heterocycles. The normalized spacial score (nSPS) is 13.2. The fourth-order valence-electron chi connectivity index (χ4n) is 1.25. The van der Waals surface area contributed by atoms with E-state index in [2.05, 4.69) is 20.7 Å². The second-order valence-electron chi connectivity index (χ2n) is 3.39. The number of benzene rings is 1. The molecule has 0 saturated carbocycles. The summed E-state index contributed by atoms with van der Waals surface area (Å²) in [6.45, 7) is 0. The molecule has 94 valence electrons. The number of rotatable bonds is 3. The third-order valence-electron chi connectivity index (χ3n) is 2.15. The third-order valence-corrected chi connectivity index (χ3v) is 2.85. The van der Waals surface area contributed by atoms with Crippen LogP contribution in [0, 0.1) is 0 Å². The van der Waals surface area contributed by atoms with Crippen molar-refractivity contribution in [1.29, 1.82) is 0 Å². The molecule has 0 N–H and O–H groups in total. The Labute approximate surface area is 105 Å². The number of hydrogen-bond acceptors (Lipinski definition) is 2. The zero-order valence-electron chi connectivity index (χ0n) is 8.92. The summed E-state index contributed by atoms with van der Waals surface area (Å²) in [6.07, 6.45) is -4.06. The van der Waals surface area contributed by atoms with Crippen LogP contribution in [0.2, 0.25) is 0 Å². The molecule has 0 aliphatic rings. The summed E-state index contributed by atoms with van der Waals surface area (Å²) in [6, 6.07) is 4.68. The summed E-state index contributed by atoms with van der Waals surface area (Å²) >= 11 is 3.10. The molecule has 1 aromatic carbocycles. The van der Waals surface area contributed by atoms with Crippen LogP contribution in [0.3, 0.4) is 0 Å². The summed E-state index contributed by atoms with van der Waals surface area (Å²) in [5.74, 6) is -0.454. The number of hydrogen-bond donors (Lipinski definition) is 0. The van der Waals surface area contributed by atoms with Crippen molar-refractivity contribution < 1.29 is 22.7 Å². The van der Waals surface area contributed by atoms with Crippen LogP contribution in [-0.4, -0.2) is 17.9 Å². The molecule has 0 aliphatic carbocycles. The van der Waals surface area contributed by atoms with Gasteiger partial charge in [-0.1, -0.05) is 28.1 Å². The van der Waals surface area contributed by atoms with Crippen molar-refractivity contribution in [3.05, 3.63) is 35.4 Å². The maximum atomic E-state index is 12.3. The Morgan fingerprint density at radius 2 is 1.88 bits per heavy atom. The fraction of sp³-hybridized carbons (Fsp3) is 0.364. The van der Waals surface area contributed by atoms with E-state index in [0.717, 1.165) is 12.1 Å². The van der Waals surface area contributed by atoms with E-state index in [1.54, 1.807) is 0 Å². The second kappa shape index (κ2) is 5.53. The Kier molecular flexibility index (Phi) is 4.56. The molecule has 2 nitrogen and oxygen atoms in total. The van der Waals surface area contributed by atoms with Crippen LogP contribution in [-0.2, 0) is 22.1 Å². The second-order valence-corrected chi connectivity index (χ2v) is 4.49. The Hall–Kier alpha value is -1.04. The van der Waals surface area contributed by atoms with Gasteiger partial charge in [0.15, 0.2) is 0 Å². The van der Waals surface area contributed by atoms with E-state index in [1.165, 1.54) is 19.2 Å². The van der Waals surface area contributed by atoms with Gasteiger partial charge in [0.1, 0.15) is 4.83 Å². The lowest BCUT2D eigenvalue weighted by Gasteiger charge is -2.09. The Morgan fingerprint density at radius 3 is 2.29 bits per heavy atom. The molecule has 0 spiro atoms. The smallest absolute Gasteiger partial charge is 0.416 e. The van der Waals surface area contributed by atoms with E-state index in [4.69, 9.17) is 0 Å². The van der Waals surface area contributed by atoms with Crippen LogP contribution in [0.25, 0.3) is 0 Å². The van der Waals surface area contributed by atoms with Gasteiger partial charge in [-0.25, -0.2) is 0 Å². The quantitative estimate of drug-likeness (QED) is 0.633. The lowest BCUT2D eigenvalue weighted by molar-refractivity contribution is -0.140. The lowest BCUT2D eigenvalue weighted by Crippen LogP contribution is -2.18. The van der Waals surface area contributed by atoms with Gasteiger partial charge in [0, 0.05) is 0 Å². The average molecular weight is 311 g/mol. The first kappa shape index (κ1) is 14.0. The number of methoxy groups -OCH3 is 1. The highest BCUT2D eigenvalue weighted by Crippen LogP contribution is 2.29. The zero-order valence-corrected chi connectivity index (χ0v) is 10.5. The minimum Gasteiger partial charge on any atom is -0.468 e. The summed E-state index contributed by atoms with van der Waals surface area (Å²) < 4.78 is 41.3. The van der Waals surface area contributed by atoms with Gasteiger partial charge in [0.25, 0.3) is 0 Å².